The van der Waals surface area contributed by atoms with Crippen LogP contribution in [0.15, 0.2) is 24.4 Å². The zero-order valence-electron chi connectivity index (χ0n) is 7.80. The van der Waals surface area contributed by atoms with Crippen LogP contribution in [0.25, 0.3) is 6.08 Å². The molecule has 1 aromatic heterocycles. The highest BCUT2D eigenvalue weighted by molar-refractivity contribution is 5.68. The minimum atomic E-state index is -0.998. The van der Waals surface area contributed by atoms with E-state index in [1.807, 2.05) is 19.1 Å². The van der Waals surface area contributed by atoms with Crippen molar-refractivity contribution < 1.29 is 14.6 Å². The van der Waals surface area contributed by atoms with Crippen LogP contribution < -0.4 is 4.74 Å². The molecule has 0 aromatic carbocycles. The zero-order chi connectivity index (χ0) is 10.4. The molecule has 1 heterocycles. The Morgan fingerprint density at radius 1 is 1.64 bits per heavy atom. The minimum Gasteiger partial charge on any atom is -0.480 e. The molecule has 0 atom stereocenters. The molecule has 1 rings (SSSR count). The molecule has 0 spiro atoms. The van der Waals surface area contributed by atoms with Gasteiger partial charge in [-0.05, 0) is 25.1 Å². The Morgan fingerprint density at radius 2 is 2.43 bits per heavy atom. The summed E-state index contributed by atoms with van der Waals surface area (Å²) in [6, 6.07) is 3.45. The Kier molecular flexibility index (Phi) is 3.67. The first-order valence-electron chi connectivity index (χ1n) is 4.15. The topological polar surface area (TPSA) is 59.4 Å². The number of pyridine rings is 1. The SMILES string of the molecule is C/C=C/c1ccc(OCC(=O)O)cn1. The van der Waals surface area contributed by atoms with Gasteiger partial charge >= 0.3 is 5.97 Å². The Labute approximate surface area is 81.9 Å². The molecule has 4 nitrogen and oxygen atoms in total. The smallest absolute Gasteiger partial charge is 0.341 e. The molecule has 0 unspecified atom stereocenters. The largest absolute Gasteiger partial charge is 0.480 e. The summed E-state index contributed by atoms with van der Waals surface area (Å²) < 4.78 is 4.91. The molecule has 0 aliphatic carbocycles. The fraction of sp³-hybridized carbons (Fsp3) is 0.200. The van der Waals surface area contributed by atoms with Crippen LogP contribution >= 0.6 is 0 Å². The molecule has 0 radical (unpaired) electrons. The van der Waals surface area contributed by atoms with Gasteiger partial charge in [0.2, 0.25) is 0 Å². The lowest BCUT2D eigenvalue weighted by molar-refractivity contribution is -0.139. The third-order valence-electron chi connectivity index (χ3n) is 1.46. The second-order valence-corrected chi connectivity index (χ2v) is 2.60. The highest BCUT2D eigenvalue weighted by atomic mass is 16.5. The molecule has 0 saturated heterocycles. The number of carbonyl (C=O) groups is 1. The lowest BCUT2D eigenvalue weighted by Crippen LogP contribution is -2.09. The Hall–Kier alpha value is -1.84. The molecular formula is C10H11NO3. The van der Waals surface area contributed by atoms with Gasteiger partial charge in [0.25, 0.3) is 0 Å². The lowest BCUT2D eigenvalue weighted by Gasteiger charge is -2.01. The van der Waals surface area contributed by atoms with Crippen LogP contribution in [-0.4, -0.2) is 22.7 Å². The minimum absolute atomic E-state index is 0.343. The van der Waals surface area contributed by atoms with Gasteiger partial charge in [-0.1, -0.05) is 6.08 Å². The van der Waals surface area contributed by atoms with E-state index in [9.17, 15) is 4.79 Å². The molecule has 0 aliphatic rings. The summed E-state index contributed by atoms with van der Waals surface area (Å²) in [5, 5.41) is 8.36. The second kappa shape index (κ2) is 5.01. The number of hydrogen-bond acceptors (Lipinski definition) is 3. The predicted molar refractivity (Wildman–Crippen MR) is 52.1 cm³/mol. The molecule has 1 aromatic rings. The van der Waals surface area contributed by atoms with E-state index >= 15 is 0 Å². The van der Waals surface area contributed by atoms with E-state index in [0.29, 0.717) is 5.75 Å². The molecule has 0 amide bonds. The fourth-order valence-corrected chi connectivity index (χ4v) is 0.892. The van der Waals surface area contributed by atoms with Crippen molar-refractivity contribution in [2.75, 3.05) is 6.61 Å². The number of carboxylic acid groups (broad SMARTS) is 1. The maximum atomic E-state index is 10.2. The van der Waals surface area contributed by atoms with E-state index in [1.54, 1.807) is 12.1 Å². The summed E-state index contributed by atoms with van der Waals surface area (Å²) in [5.74, 6) is -0.539. The zero-order valence-corrected chi connectivity index (χ0v) is 7.80. The van der Waals surface area contributed by atoms with Crippen LogP contribution in [0.4, 0.5) is 0 Å². The third kappa shape index (κ3) is 3.26. The molecule has 0 aliphatic heterocycles. The van der Waals surface area contributed by atoms with Gasteiger partial charge in [0.05, 0.1) is 11.9 Å². The van der Waals surface area contributed by atoms with Crippen molar-refractivity contribution in [1.29, 1.82) is 0 Å². The number of hydrogen-bond donors (Lipinski definition) is 1. The van der Waals surface area contributed by atoms with Crippen molar-refractivity contribution in [3.63, 3.8) is 0 Å². The number of rotatable bonds is 4. The van der Waals surface area contributed by atoms with E-state index in [2.05, 4.69) is 4.98 Å². The van der Waals surface area contributed by atoms with Crippen molar-refractivity contribution >= 4 is 12.0 Å². The van der Waals surface area contributed by atoms with E-state index in [1.165, 1.54) is 6.20 Å². The quantitative estimate of drug-likeness (QED) is 0.788. The molecule has 0 saturated carbocycles. The van der Waals surface area contributed by atoms with Crippen LogP contribution in [0.1, 0.15) is 12.6 Å². The van der Waals surface area contributed by atoms with Crippen molar-refractivity contribution in [1.82, 2.24) is 4.98 Å². The first-order valence-corrected chi connectivity index (χ1v) is 4.15. The summed E-state index contributed by atoms with van der Waals surface area (Å²) in [5.41, 5.74) is 0.815. The lowest BCUT2D eigenvalue weighted by atomic mass is 10.3. The summed E-state index contributed by atoms with van der Waals surface area (Å²) in [7, 11) is 0. The first-order chi connectivity index (χ1) is 6.72. The summed E-state index contributed by atoms with van der Waals surface area (Å²) in [4.78, 5) is 14.2. The van der Waals surface area contributed by atoms with Crippen LogP contribution in [0.2, 0.25) is 0 Å². The van der Waals surface area contributed by atoms with Gasteiger partial charge in [0.15, 0.2) is 6.61 Å². The maximum absolute atomic E-state index is 10.2. The van der Waals surface area contributed by atoms with E-state index in [-0.39, 0.29) is 6.61 Å². The van der Waals surface area contributed by atoms with Gasteiger partial charge in [0.1, 0.15) is 5.75 Å². The number of aliphatic carboxylic acids is 1. The highest BCUT2D eigenvalue weighted by Crippen LogP contribution is 2.09. The van der Waals surface area contributed by atoms with Gasteiger partial charge in [-0.3, -0.25) is 4.98 Å². The number of ether oxygens (including phenoxy) is 1. The molecule has 74 valence electrons. The molecule has 0 bridgehead atoms. The normalized spacial score (nSPS) is 10.4. The van der Waals surface area contributed by atoms with Gasteiger partial charge < -0.3 is 9.84 Å². The average molecular weight is 193 g/mol. The average Bonchev–Trinajstić information content (AvgIpc) is 2.17. The highest BCUT2D eigenvalue weighted by Gasteiger charge is 1.98. The Bertz CT molecular complexity index is 330. The standard InChI is InChI=1S/C10H11NO3/c1-2-3-8-4-5-9(6-11-8)14-7-10(12)13/h2-6H,7H2,1H3,(H,12,13)/b3-2+. The number of nitrogens with zero attached hydrogens (tertiary/aromatic N) is 1. The van der Waals surface area contributed by atoms with Gasteiger partial charge in [-0.15, -0.1) is 0 Å². The van der Waals surface area contributed by atoms with Gasteiger partial charge in [0, 0.05) is 0 Å². The van der Waals surface area contributed by atoms with E-state index in [4.69, 9.17) is 9.84 Å². The molecule has 4 heteroatoms. The fourth-order valence-electron chi connectivity index (χ4n) is 0.892. The first kappa shape index (κ1) is 10.2. The number of carboxylic acids is 1. The summed E-state index contributed by atoms with van der Waals surface area (Å²) >= 11 is 0. The van der Waals surface area contributed by atoms with E-state index < -0.39 is 5.97 Å². The van der Waals surface area contributed by atoms with Gasteiger partial charge in [-0.25, -0.2) is 4.79 Å². The molecular weight excluding hydrogens is 182 g/mol. The van der Waals surface area contributed by atoms with Crippen LogP contribution in [0.3, 0.4) is 0 Å². The third-order valence-corrected chi connectivity index (χ3v) is 1.46. The van der Waals surface area contributed by atoms with Crippen LogP contribution in [-0.2, 0) is 4.79 Å². The van der Waals surface area contributed by atoms with Gasteiger partial charge in [-0.2, -0.15) is 0 Å². The van der Waals surface area contributed by atoms with Crippen molar-refractivity contribution in [3.05, 3.63) is 30.1 Å². The Balaban J connectivity index is 2.59. The molecule has 14 heavy (non-hydrogen) atoms. The molecule has 1 N–H and O–H groups in total. The summed E-state index contributed by atoms with van der Waals surface area (Å²) in [6.45, 7) is 1.56. The number of aromatic nitrogens is 1. The van der Waals surface area contributed by atoms with E-state index in [0.717, 1.165) is 5.69 Å². The number of allylic oxidation sites excluding steroid dienone is 1. The molecule has 0 fully saturated rings. The maximum Gasteiger partial charge on any atom is 0.341 e. The van der Waals surface area contributed by atoms with Crippen LogP contribution in [0.5, 0.6) is 5.75 Å². The predicted octanol–water partition coefficient (Wildman–Crippen LogP) is 1.58. The van der Waals surface area contributed by atoms with Crippen molar-refractivity contribution in [2.45, 2.75) is 6.92 Å². The monoisotopic (exact) mass is 193 g/mol. The Morgan fingerprint density at radius 3 is 2.93 bits per heavy atom. The second-order valence-electron chi connectivity index (χ2n) is 2.60. The van der Waals surface area contributed by atoms with Crippen LogP contribution in [0, 0.1) is 0 Å². The van der Waals surface area contributed by atoms with Crippen molar-refractivity contribution in [3.8, 4) is 5.75 Å². The summed E-state index contributed by atoms with van der Waals surface area (Å²) in [6.07, 6.45) is 5.22. The van der Waals surface area contributed by atoms with Crippen molar-refractivity contribution in [2.24, 2.45) is 0 Å².